The van der Waals surface area contributed by atoms with Gasteiger partial charge in [0.25, 0.3) is 0 Å². The number of nitrogens with one attached hydrogen (secondary N) is 2. The fourth-order valence-corrected chi connectivity index (χ4v) is 2.89. The first-order valence-corrected chi connectivity index (χ1v) is 9.97. The van der Waals surface area contributed by atoms with E-state index in [0.717, 1.165) is 48.0 Å². The number of aromatic nitrogens is 2. The maximum absolute atomic E-state index is 5.51. The molecule has 0 atom stereocenters. The summed E-state index contributed by atoms with van der Waals surface area (Å²) in [4.78, 5) is 11.5. The van der Waals surface area contributed by atoms with Crippen molar-refractivity contribution < 1.29 is 4.74 Å². The van der Waals surface area contributed by atoms with Crippen LogP contribution in [0.1, 0.15) is 13.3 Å². The van der Waals surface area contributed by atoms with Gasteiger partial charge in [0.05, 0.1) is 12.3 Å². The standard InChI is InChI=1S/C23H29N5O/c1-4-29-20-13-11-19(12-14-20)25-22-17-21(18-9-6-5-7-10-18)26-23(27-22)24-15-8-16-28(2)3/h5-7,9-14,17H,4,8,15-16H2,1-3H3,(H2,24,25,26,27). The maximum Gasteiger partial charge on any atom is 0.225 e. The van der Waals surface area contributed by atoms with Crippen LogP contribution in [0.5, 0.6) is 5.75 Å². The molecule has 3 rings (SSSR count). The molecule has 0 aliphatic carbocycles. The van der Waals surface area contributed by atoms with Gasteiger partial charge in [-0.1, -0.05) is 30.3 Å². The van der Waals surface area contributed by atoms with Crippen LogP contribution in [0.3, 0.4) is 0 Å². The lowest BCUT2D eigenvalue weighted by atomic mass is 10.1. The maximum atomic E-state index is 5.51. The summed E-state index contributed by atoms with van der Waals surface area (Å²) in [7, 11) is 4.15. The van der Waals surface area contributed by atoms with Crippen LogP contribution in [-0.2, 0) is 0 Å². The molecule has 29 heavy (non-hydrogen) atoms. The predicted octanol–water partition coefficient (Wildman–Crippen LogP) is 4.65. The summed E-state index contributed by atoms with van der Waals surface area (Å²) < 4.78 is 5.51. The Labute approximate surface area is 173 Å². The third-order valence-corrected chi connectivity index (χ3v) is 4.30. The van der Waals surface area contributed by atoms with E-state index in [1.54, 1.807) is 0 Å². The molecule has 0 spiro atoms. The van der Waals surface area contributed by atoms with Crippen molar-refractivity contribution in [3.8, 4) is 17.0 Å². The Balaban J connectivity index is 1.79. The summed E-state index contributed by atoms with van der Waals surface area (Å²) >= 11 is 0. The molecular formula is C23H29N5O. The third kappa shape index (κ3) is 6.47. The molecule has 1 heterocycles. The Morgan fingerprint density at radius 2 is 1.72 bits per heavy atom. The molecule has 0 aliphatic rings. The van der Waals surface area contributed by atoms with E-state index in [-0.39, 0.29) is 0 Å². The molecule has 0 bridgehead atoms. The van der Waals surface area contributed by atoms with Crippen LogP contribution < -0.4 is 15.4 Å². The van der Waals surface area contributed by atoms with Crippen molar-refractivity contribution in [3.63, 3.8) is 0 Å². The summed E-state index contributed by atoms with van der Waals surface area (Å²) in [5.41, 5.74) is 2.88. The number of hydrogen-bond donors (Lipinski definition) is 2. The number of anilines is 3. The highest BCUT2D eigenvalue weighted by Gasteiger charge is 2.07. The molecule has 0 radical (unpaired) electrons. The third-order valence-electron chi connectivity index (χ3n) is 4.30. The topological polar surface area (TPSA) is 62.3 Å². The van der Waals surface area contributed by atoms with Gasteiger partial charge in [0.2, 0.25) is 5.95 Å². The minimum Gasteiger partial charge on any atom is -0.494 e. The van der Waals surface area contributed by atoms with Crippen LogP contribution in [0.4, 0.5) is 17.5 Å². The van der Waals surface area contributed by atoms with E-state index in [1.165, 1.54) is 0 Å². The average Bonchev–Trinajstić information content (AvgIpc) is 2.73. The lowest BCUT2D eigenvalue weighted by Crippen LogP contribution is -2.17. The molecule has 6 nitrogen and oxygen atoms in total. The second-order valence-electron chi connectivity index (χ2n) is 6.99. The van der Waals surface area contributed by atoms with E-state index in [0.29, 0.717) is 12.6 Å². The average molecular weight is 392 g/mol. The van der Waals surface area contributed by atoms with Crippen LogP contribution in [0.2, 0.25) is 0 Å². The second kappa shape index (κ2) is 10.4. The minimum absolute atomic E-state index is 0.624. The van der Waals surface area contributed by atoms with Gasteiger partial charge in [-0.3, -0.25) is 0 Å². The molecule has 0 aliphatic heterocycles. The first-order valence-electron chi connectivity index (χ1n) is 9.97. The Morgan fingerprint density at radius 1 is 0.966 bits per heavy atom. The van der Waals surface area contributed by atoms with E-state index in [1.807, 2.05) is 55.5 Å². The number of nitrogens with zero attached hydrogens (tertiary/aromatic N) is 3. The monoisotopic (exact) mass is 391 g/mol. The molecule has 0 fully saturated rings. The predicted molar refractivity (Wildman–Crippen MR) is 120 cm³/mol. The normalized spacial score (nSPS) is 10.8. The summed E-state index contributed by atoms with van der Waals surface area (Å²) in [6, 6.07) is 20.0. The highest BCUT2D eigenvalue weighted by atomic mass is 16.5. The molecule has 6 heteroatoms. The molecule has 0 unspecified atom stereocenters. The Morgan fingerprint density at radius 3 is 2.41 bits per heavy atom. The van der Waals surface area contributed by atoms with Gasteiger partial charge in [-0.05, 0) is 58.3 Å². The summed E-state index contributed by atoms with van der Waals surface area (Å²) in [6.45, 7) is 4.47. The summed E-state index contributed by atoms with van der Waals surface area (Å²) in [5, 5.41) is 6.73. The molecule has 2 N–H and O–H groups in total. The van der Waals surface area contributed by atoms with E-state index >= 15 is 0 Å². The minimum atomic E-state index is 0.624. The van der Waals surface area contributed by atoms with Gasteiger partial charge in [0.15, 0.2) is 0 Å². The molecule has 0 saturated carbocycles. The molecular weight excluding hydrogens is 362 g/mol. The molecule has 0 saturated heterocycles. The fraction of sp³-hybridized carbons (Fsp3) is 0.304. The van der Waals surface area contributed by atoms with Gasteiger partial charge in [-0.25, -0.2) is 4.98 Å². The van der Waals surface area contributed by atoms with Gasteiger partial charge >= 0.3 is 0 Å². The number of rotatable bonds is 10. The molecule has 2 aromatic carbocycles. The van der Waals surface area contributed by atoms with Crippen molar-refractivity contribution >= 4 is 17.5 Å². The van der Waals surface area contributed by atoms with Gasteiger partial charge < -0.3 is 20.3 Å². The highest BCUT2D eigenvalue weighted by Crippen LogP contribution is 2.24. The van der Waals surface area contributed by atoms with E-state index in [9.17, 15) is 0 Å². The van der Waals surface area contributed by atoms with Crippen molar-refractivity contribution in [2.75, 3.05) is 44.4 Å². The van der Waals surface area contributed by atoms with Crippen molar-refractivity contribution in [3.05, 3.63) is 60.7 Å². The molecule has 3 aromatic rings. The SMILES string of the molecule is CCOc1ccc(Nc2cc(-c3ccccc3)nc(NCCCN(C)C)n2)cc1. The van der Waals surface area contributed by atoms with Crippen LogP contribution in [0.25, 0.3) is 11.3 Å². The Hall–Kier alpha value is -3.12. The first kappa shape index (κ1) is 20.6. The fourth-order valence-electron chi connectivity index (χ4n) is 2.89. The zero-order chi connectivity index (χ0) is 20.5. The Kier molecular flexibility index (Phi) is 7.41. The quantitative estimate of drug-likeness (QED) is 0.491. The van der Waals surface area contributed by atoms with Gasteiger partial charge in [-0.15, -0.1) is 0 Å². The van der Waals surface area contributed by atoms with Crippen molar-refractivity contribution in [2.24, 2.45) is 0 Å². The highest BCUT2D eigenvalue weighted by molar-refractivity contribution is 5.67. The molecule has 1 aromatic heterocycles. The number of benzene rings is 2. The first-order chi connectivity index (χ1) is 14.1. The van der Waals surface area contributed by atoms with Gasteiger partial charge in [0.1, 0.15) is 11.6 Å². The summed E-state index contributed by atoms with van der Waals surface area (Å²) in [5.74, 6) is 2.23. The molecule has 152 valence electrons. The lowest BCUT2D eigenvalue weighted by molar-refractivity contribution is 0.340. The van der Waals surface area contributed by atoms with Crippen molar-refractivity contribution in [2.45, 2.75) is 13.3 Å². The van der Waals surface area contributed by atoms with E-state index in [4.69, 9.17) is 9.72 Å². The van der Waals surface area contributed by atoms with Gasteiger partial charge in [-0.2, -0.15) is 4.98 Å². The van der Waals surface area contributed by atoms with Crippen LogP contribution in [-0.4, -0.2) is 48.7 Å². The number of ether oxygens (including phenoxy) is 1. The summed E-state index contributed by atoms with van der Waals surface area (Å²) in [6.07, 6.45) is 1.02. The van der Waals surface area contributed by atoms with Gasteiger partial charge in [0, 0.05) is 23.9 Å². The second-order valence-corrected chi connectivity index (χ2v) is 6.99. The van der Waals surface area contributed by atoms with Crippen molar-refractivity contribution in [1.29, 1.82) is 0 Å². The smallest absolute Gasteiger partial charge is 0.225 e. The zero-order valence-corrected chi connectivity index (χ0v) is 17.4. The van der Waals surface area contributed by atoms with E-state index in [2.05, 4.69) is 46.7 Å². The van der Waals surface area contributed by atoms with Crippen LogP contribution >= 0.6 is 0 Å². The van der Waals surface area contributed by atoms with Crippen molar-refractivity contribution in [1.82, 2.24) is 14.9 Å². The lowest BCUT2D eigenvalue weighted by Gasteiger charge is -2.13. The zero-order valence-electron chi connectivity index (χ0n) is 17.4. The largest absolute Gasteiger partial charge is 0.494 e. The van der Waals surface area contributed by atoms with E-state index < -0.39 is 0 Å². The number of hydrogen-bond acceptors (Lipinski definition) is 6. The van der Waals surface area contributed by atoms with Crippen LogP contribution in [0.15, 0.2) is 60.7 Å². The Bertz CT molecular complexity index is 882. The van der Waals surface area contributed by atoms with Crippen LogP contribution in [0, 0.1) is 0 Å². The molecule has 0 amide bonds.